The van der Waals surface area contributed by atoms with Crippen LogP contribution in [-0.2, 0) is 21.4 Å². The summed E-state index contributed by atoms with van der Waals surface area (Å²) in [6.07, 6.45) is 5.42. The smallest absolute Gasteiger partial charge is 0.252 e. The molecule has 8 N–H and O–H groups in total. The van der Waals surface area contributed by atoms with Gasteiger partial charge in [0.05, 0.1) is 12.6 Å². The summed E-state index contributed by atoms with van der Waals surface area (Å²) in [5.41, 5.74) is 13.6. The average Bonchev–Trinajstić information content (AvgIpc) is 3.38. The van der Waals surface area contributed by atoms with Gasteiger partial charge in [0.1, 0.15) is 12.1 Å². The topological polar surface area (TPSA) is 199 Å². The molecule has 0 aromatic heterocycles. The first kappa shape index (κ1) is 24.3. The fourth-order valence-electron chi connectivity index (χ4n) is 7.46. The Morgan fingerprint density at radius 3 is 2.56 bits per heavy atom. The van der Waals surface area contributed by atoms with Gasteiger partial charge in [-0.3, -0.25) is 19.3 Å². The Labute approximate surface area is 224 Å². The lowest BCUT2D eigenvalue weighted by atomic mass is 9.78. The molecule has 3 amide bonds. The highest BCUT2D eigenvalue weighted by Crippen LogP contribution is 2.55. The average molecular weight is 537 g/mol. The van der Waals surface area contributed by atoms with E-state index in [1.165, 1.54) is 10.5 Å². The van der Waals surface area contributed by atoms with Crippen molar-refractivity contribution in [1.29, 1.82) is 0 Å². The molecule has 2 spiro atoms. The van der Waals surface area contributed by atoms with Gasteiger partial charge in [0.25, 0.3) is 5.91 Å². The molecule has 206 valence electrons. The summed E-state index contributed by atoms with van der Waals surface area (Å²) in [7, 11) is 0. The van der Waals surface area contributed by atoms with Crippen LogP contribution in [0.25, 0.3) is 0 Å². The van der Waals surface area contributed by atoms with Crippen LogP contribution in [-0.4, -0.2) is 92.3 Å². The van der Waals surface area contributed by atoms with Gasteiger partial charge in [-0.05, 0) is 54.7 Å². The Hall–Kier alpha value is -3.71. The highest BCUT2D eigenvalue weighted by Gasteiger charge is 2.73. The van der Waals surface area contributed by atoms with Crippen molar-refractivity contribution in [3.05, 3.63) is 34.9 Å². The number of nitrogens with two attached hydrogens (primary N) is 2. The third kappa shape index (κ3) is 3.22. The molecule has 2 aliphatic carbocycles. The molecule has 13 heteroatoms. The number of carbonyl (C=O) groups is 3. The van der Waals surface area contributed by atoms with Crippen molar-refractivity contribution in [2.24, 2.45) is 21.5 Å². The summed E-state index contributed by atoms with van der Waals surface area (Å²) in [5.74, 6) is -3.76. The lowest BCUT2D eigenvalue weighted by Gasteiger charge is -2.49. The van der Waals surface area contributed by atoms with E-state index in [0.717, 1.165) is 42.6 Å². The number of aliphatic hydroxyl groups is 2. The van der Waals surface area contributed by atoms with Crippen molar-refractivity contribution in [1.82, 2.24) is 20.4 Å². The molecule has 1 aromatic rings. The molecular formula is C26H32N8O5. The molecule has 1 saturated carbocycles. The second-order valence-electron chi connectivity index (χ2n) is 11.6. The highest BCUT2D eigenvalue weighted by molar-refractivity contribution is 6.02. The van der Waals surface area contributed by atoms with E-state index in [0.29, 0.717) is 5.56 Å². The molecule has 0 bridgehead atoms. The molecule has 1 aromatic carbocycles. The third-order valence-corrected chi connectivity index (χ3v) is 9.56. The van der Waals surface area contributed by atoms with Crippen molar-refractivity contribution < 1.29 is 24.6 Å². The van der Waals surface area contributed by atoms with Gasteiger partial charge in [-0.1, -0.05) is 12.1 Å². The third-order valence-electron chi connectivity index (χ3n) is 9.56. The molecule has 39 heavy (non-hydrogen) atoms. The van der Waals surface area contributed by atoms with Crippen molar-refractivity contribution in [2.45, 2.75) is 79.9 Å². The SMILES string of the molecule is NC1=NC2[C@H](CN3C(=O)CCC3=O)N=C(N)N3C[C@H](NC(=O)c4cccc5c4CCCC54CC4)C(O)(O)C23N1. The summed E-state index contributed by atoms with van der Waals surface area (Å²) >= 11 is 0. The van der Waals surface area contributed by atoms with Gasteiger partial charge in [0.15, 0.2) is 17.6 Å². The van der Waals surface area contributed by atoms with Gasteiger partial charge in [0, 0.05) is 24.9 Å². The fourth-order valence-corrected chi connectivity index (χ4v) is 7.46. The number of rotatable bonds is 4. The predicted octanol–water partition coefficient (Wildman–Crippen LogP) is -2.02. The lowest BCUT2D eigenvalue weighted by Crippen LogP contribution is -2.78. The van der Waals surface area contributed by atoms with Crippen LogP contribution in [0.5, 0.6) is 0 Å². The van der Waals surface area contributed by atoms with Crippen LogP contribution in [0.1, 0.15) is 60.0 Å². The quantitative estimate of drug-likeness (QED) is 0.186. The number of likely N-dealkylation sites (tertiary alicyclic amines) is 1. The number of imide groups is 1. The van der Waals surface area contributed by atoms with E-state index < -0.39 is 35.5 Å². The monoisotopic (exact) mass is 536 g/mol. The number of nitrogens with zero attached hydrogens (tertiary/aromatic N) is 4. The van der Waals surface area contributed by atoms with Crippen molar-refractivity contribution in [2.75, 3.05) is 13.1 Å². The van der Waals surface area contributed by atoms with Crippen LogP contribution in [0.3, 0.4) is 0 Å². The van der Waals surface area contributed by atoms with Crippen LogP contribution < -0.4 is 22.1 Å². The molecule has 13 nitrogen and oxygen atoms in total. The van der Waals surface area contributed by atoms with Crippen LogP contribution in [0.15, 0.2) is 28.2 Å². The van der Waals surface area contributed by atoms with Gasteiger partial charge >= 0.3 is 0 Å². The van der Waals surface area contributed by atoms with E-state index in [1.807, 2.05) is 6.07 Å². The lowest BCUT2D eigenvalue weighted by molar-refractivity contribution is -0.230. The molecular weight excluding hydrogens is 504 g/mol. The van der Waals surface area contributed by atoms with Crippen molar-refractivity contribution in [3.63, 3.8) is 0 Å². The Morgan fingerprint density at radius 1 is 1.10 bits per heavy atom. The van der Waals surface area contributed by atoms with E-state index in [-0.39, 0.29) is 55.1 Å². The number of aliphatic imine (C=N–C) groups is 2. The largest absolute Gasteiger partial charge is 0.370 e. The molecule has 4 heterocycles. The first-order chi connectivity index (χ1) is 18.6. The number of nitrogens with one attached hydrogen (secondary N) is 2. The zero-order chi connectivity index (χ0) is 27.3. The molecule has 2 saturated heterocycles. The normalized spacial score (nSPS) is 33.2. The van der Waals surface area contributed by atoms with Crippen LogP contribution in [0, 0.1) is 0 Å². The van der Waals surface area contributed by atoms with Crippen molar-refractivity contribution >= 4 is 29.6 Å². The van der Waals surface area contributed by atoms with Gasteiger partial charge in [-0.25, -0.2) is 9.98 Å². The minimum Gasteiger partial charge on any atom is -0.370 e. The Balaban J connectivity index is 1.20. The molecule has 4 aliphatic heterocycles. The first-order valence-corrected chi connectivity index (χ1v) is 13.5. The van der Waals surface area contributed by atoms with E-state index >= 15 is 0 Å². The van der Waals surface area contributed by atoms with Gasteiger partial charge in [-0.2, -0.15) is 0 Å². The summed E-state index contributed by atoms with van der Waals surface area (Å²) < 4.78 is 0. The van der Waals surface area contributed by atoms with Gasteiger partial charge in [0.2, 0.25) is 17.6 Å². The second-order valence-corrected chi connectivity index (χ2v) is 11.6. The molecule has 3 fully saturated rings. The number of guanidine groups is 2. The summed E-state index contributed by atoms with van der Waals surface area (Å²) in [6, 6.07) is 2.72. The van der Waals surface area contributed by atoms with Crippen LogP contribution in [0.4, 0.5) is 0 Å². The molecule has 2 unspecified atom stereocenters. The maximum atomic E-state index is 13.6. The summed E-state index contributed by atoms with van der Waals surface area (Å²) in [6.45, 7) is -0.199. The number of fused-ring (bicyclic) bond motifs is 2. The van der Waals surface area contributed by atoms with Gasteiger partial charge in [-0.15, -0.1) is 0 Å². The number of carbonyl (C=O) groups excluding carboxylic acids is 3. The number of amides is 3. The first-order valence-electron chi connectivity index (χ1n) is 13.5. The standard InChI is InChI=1S/C26H32N8O5/c27-22-31-20-16(11-33-18(35)6-7-19(33)36)29-23(28)34-12-17(26(38,39)25(20,34)32-22)30-21(37)14-3-1-5-15-13(14)4-2-8-24(15)9-10-24/h1,3,5,16-17,20,38-39H,2,4,6-12H2,(H2,28,29)(H,30,37)(H3,27,31,32)/t16-,17-,20?,25?/m0/s1. The summed E-state index contributed by atoms with van der Waals surface area (Å²) in [5, 5.41) is 29.1. The summed E-state index contributed by atoms with van der Waals surface area (Å²) in [4.78, 5) is 49.7. The number of hydrogen-bond donors (Lipinski definition) is 6. The van der Waals surface area contributed by atoms with Crippen molar-refractivity contribution in [3.8, 4) is 0 Å². The van der Waals surface area contributed by atoms with Gasteiger partial charge < -0.3 is 37.2 Å². The molecule has 6 aliphatic rings. The minimum absolute atomic E-state index is 0.0373. The predicted molar refractivity (Wildman–Crippen MR) is 138 cm³/mol. The Bertz CT molecular complexity index is 1350. The molecule has 0 radical (unpaired) electrons. The Kier molecular flexibility index (Phi) is 4.94. The van der Waals surface area contributed by atoms with E-state index in [9.17, 15) is 24.6 Å². The second kappa shape index (κ2) is 7.92. The zero-order valence-corrected chi connectivity index (χ0v) is 21.4. The van der Waals surface area contributed by atoms with E-state index in [1.54, 1.807) is 6.07 Å². The van der Waals surface area contributed by atoms with E-state index in [2.05, 4.69) is 26.7 Å². The number of hydrogen-bond acceptors (Lipinski definition) is 11. The van der Waals surface area contributed by atoms with Crippen LogP contribution in [0.2, 0.25) is 0 Å². The molecule has 7 rings (SSSR count). The Morgan fingerprint density at radius 2 is 1.85 bits per heavy atom. The van der Waals surface area contributed by atoms with E-state index in [4.69, 9.17) is 11.5 Å². The highest BCUT2D eigenvalue weighted by atomic mass is 16.5. The van der Waals surface area contributed by atoms with Crippen LogP contribution >= 0.6 is 0 Å². The fraction of sp³-hybridized carbons (Fsp3) is 0.577. The maximum absolute atomic E-state index is 13.6. The minimum atomic E-state index is -2.59. The zero-order valence-electron chi connectivity index (χ0n) is 21.4. The molecule has 4 atom stereocenters. The number of benzene rings is 1. The maximum Gasteiger partial charge on any atom is 0.252 e.